The van der Waals surface area contributed by atoms with Gasteiger partial charge in [-0.25, -0.2) is 19.5 Å². The van der Waals surface area contributed by atoms with E-state index in [1.807, 2.05) is 39.7 Å². The molecule has 6 rings (SSSR count). The molecule has 3 heterocycles. The van der Waals surface area contributed by atoms with Gasteiger partial charge < -0.3 is 23.5 Å². The largest absolute Gasteiger partial charge is 2.00 e. The van der Waals surface area contributed by atoms with E-state index < -0.39 is 9.85 Å². The third-order valence-corrected chi connectivity index (χ3v) is 6.05. The van der Waals surface area contributed by atoms with Gasteiger partial charge in [-0.3, -0.25) is 25.2 Å². The molecule has 0 fully saturated rings. The minimum atomic E-state index is -0.429. The molecule has 0 aliphatic carbocycles. The van der Waals surface area contributed by atoms with E-state index in [1.54, 1.807) is 42.6 Å². The zero-order valence-corrected chi connectivity index (χ0v) is 31.7. The third-order valence-electron chi connectivity index (χ3n) is 5.59. The smallest absolute Gasteiger partial charge is 0.693 e. The summed E-state index contributed by atoms with van der Waals surface area (Å²) in [6, 6.07) is 25.5. The monoisotopic (exact) mass is 801 g/mol. The van der Waals surface area contributed by atoms with Crippen LogP contribution in [0.15, 0.2) is 107 Å². The summed E-state index contributed by atoms with van der Waals surface area (Å²) in [6.45, 7) is 0. The van der Waals surface area contributed by atoms with Crippen molar-refractivity contribution in [1.29, 1.82) is 0 Å². The van der Waals surface area contributed by atoms with Gasteiger partial charge in [0, 0.05) is 52.3 Å². The number of nitro benzene ring substituents is 2. The number of rotatable bonds is 4. The van der Waals surface area contributed by atoms with Gasteiger partial charge in [0.05, 0.1) is 26.4 Å². The number of hydrogen-bond acceptors (Lipinski definition) is 11. The first-order valence-corrected chi connectivity index (χ1v) is 13.6. The Kier molecular flexibility index (Phi) is 19.8. The Hall–Kier alpha value is -3.43. The number of nitrogens with two attached hydrogens (primary N) is 4. The molecule has 8 N–H and O–H groups in total. The van der Waals surface area contributed by atoms with Gasteiger partial charge >= 0.3 is 48.9 Å². The Bertz CT molecular complexity index is 1960. The summed E-state index contributed by atoms with van der Waals surface area (Å²) in [4.78, 5) is 32.6. The molecule has 0 saturated carbocycles. The summed E-state index contributed by atoms with van der Waals surface area (Å²) in [5.74, 6) is 1.20. The van der Waals surface area contributed by atoms with Gasteiger partial charge in [-0.1, -0.05) is 15.5 Å². The molecule has 0 bridgehead atoms. The first kappa shape index (κ1) is 42.6. The molecule has 0 aliphatic rings. The number of hydrogen-bond donors (Lipinski definition) is 2. The summed E-state index contributed by atoms with van der Waals surface area (Å²) in [5.41, 5.74) is 13.3. The van der Waals surface area contributed by atoms with Crippen LogP contribution in [-0.2, 0) is 0 Å². The average molecular weight is 801 g/mol. The minimum Gasteiger partial charge on any atom is -0.693 e. The molecule has 46 heavy (non-hydrogen) atoms. The van der Waals surface area contributed by atoms with Gasteiger partial charge in [-0.15, -0.1) is 0 Å². The Morgan fingerprint density at radius 1 is 0.652 bits per heavy atom. The molecular formula is C27H28BaN11O4P3. The third kappa shape index (κ3) is 12.1. The van der Waals surface area contributed by atoms with Gasteiger partial charge in [-0.05, 0) is 78.7 Å². The van der Waals surface area contributed by atoms with Crippen LogP contribution in [-0.4, -0.2) is 73.7 Å². The van der Waals surface area contributed by atoms with Gasteiger partial charge in [-0.2, -0.15) is 0 Å². The number of aromatic nitrogens is 3. The zero-order chi connectivity index (χ0) is 31.4. The molecule has 1 unspecified atom stereocenters. The standard InChI is InChI=1S/C9H6N3O2P.C9H8N3P.C9H6N2O2.Ba.H4NP.2H2N/c13-12(14)7-2-3-8-6(5-7)1-4-9(10-8)11-15;10-7-2-3-8-6(5-7)1-4-9(11-8)12-13;12-11(13)8-3-4-9-7(6-8)2-1-5-10-9;;1-2;;/h1-5,15H;1-5,13H,10H2;1-6H;;1-2H2;2*1H2/q;;;+2;;2*-1. The van der Waals surface area contributed by atoms with Crippen LogP contribution in [0.3, 0.4) is 0 Å². The van der Waals surface area contributed by atoms with E-state index in [4.69, 9.17) is 5.73 Å². The molecule has 0 radical (unpaired) electrons. The quantitative estimate of drug-likeness (QED) is 0.0566. The number of nitrogens with zero attached hydrogens (tertiary/aromatic N) is 7. The number of benzene rings is 3. The van der Waals surface area contributed by atoms with E-state index in [0.717, 1.165) is 32.9 Å². The molecule has 0 amide bonds. The van der Waals surface area contributed by atoms with Crippen LogP contribution >= 0.6 is 27.5 Å². The van der Waals surface area contributed by atoms with Crippen molar-refractivity contribution in [3.63, 3.8) is 0 Å². The molecule has 6 aromatic rings. The van der Waals surface area contributed by atoms with Gasteiger partial charge in [0.2, 0.25) is 0 Å². The van der Waals surface area contributed by atoms with E-state index in [0.29, 0.717) is 17.2 Å². The maximum Gasteiger partial charge on any atom is 2.00 e. The van der Waals surface area contributed by atoms with E-state index >= 15 is 0 Å². The second kappa shape index (κ2) is 21.4. The Morgan fingerprint density at radius 2 is 1.09 bits per heavy atom. The summed E-state index contributed by atoms with van der Waals surface area (Å²) in [7, 11) is 7.94. The first-order chi connectivity index (χ1) is 20.8. The van der Waals surface area contributed by atoms with Crippen molar-refractivity contribution in [2.75, 3.05) is 5.73 Å². The molecule has 0 aliphatic heterocycles. The zero-order valence-electron chi connectivity index (χ0n) is 24.1. The Balaban J connectivity index is 0.000000624. The van der Waals surface area contributed by atoms with Crippen molar-refractivity contribution in [3.8, 4) is 0 Å². The topological polar surface area (TPSA) is 269 Å². The van der Waals surface area contributed by atoms with Crippen LogP contribution in [0.1, 0.15) is 0 Å². The maximum absolute atomic E-state index is 10.5. The summed E-state index contributed by atoms with van der Waals surface area (Å²) in [6.07, 6.45) is 1.66. The van der Waals surface area contributed by atoms with E-state index in [1.165, 1.54) is 24.3 Å². The van der Waals surface area contributed by atoms with Crippen LogP contribution < -0.4 is 11.2 Å². The molecule has 1 atom stereocenters. The predicted octanol–water partition coefficient (Wildman–Crippen LogP) is 8.81. The Labute approximate surface area is 310 Å². The number of non-ortho nitro benzene ring substituents is 2. The number of anilines is 1. The molecule has 19 heteroatoms. The van der Waals surface area contributed by atoms with Gasteiger partial charge in [0.1, 0.15) is 0 Å². The number of fused-ring (bicyclic) bond motifs is 3. The van der Waals surface area contributed by atoms with Crippen LogP contribution in [0.2, 0.25) is 0 Å². The van der Waals surface area contributed by atoms with Gasteiger partial charge in [0.25, 0.3) is 11.4 Å². The summed E-state index contributed by atoms with van der Waals surface area (Å²) < 4.78 is 7.55. The molecule has 15 nitrogen and oxygen atoms in total. The second-order valence-corrected chi connectivity index (χ2v) is 8.73. The molecule has 0 spiro atoms. The fourth-order valence-corrected chi connectivity index (χ4v) is 3.90. The van der Waals surface area contributed by atoms with E-state index in [2.05, 4.69) is 48.0 Å². The molecule has 3 aromatic carbocycles. The number of nitrogen functional groups attached to an aromatic ring is 1. The van der Waals surface area contributed by atoms with Crippen LogP contribution in [0.4, 0.5) is 28.7 Å². The fraction of sp³-hybridized carbons (Fsp3) is 0. The second-order valence-electron chi connectivity index (χ2n) is 8.29. The van der Waals surface area contributed by atoms with Gasteiger partial charge in [0.15, 0.2) is 11.6 Å². The number of pyridine rings is 3. The first-order valence-electron chi connectivity index (χ1n) is 12.1. The van der Waals surface area contributed by atoms with Crippen molar-refractivity contribution in [2.24, 2.45) is 15.0 Å². The van der Waals surface area contributed by atoms with E-state index in [9.17, 15) is 20.2 Å². The maximum atomic E-state index is 10.5. The van der Waals surface area contributed by atoms with E-state index in [-0.39, 0.29) is 72.6 Å². The molecule has 0 saturated heterocycles. The van der Waals surface area contributed by atoms with Crippen molar-refractivity contribution in [2.45, 2.75) is 0 Å². The summed E-state index contributed by atoms with van der Waals surface area (Å²) in [5, 5.41) is 23.5. The number of nitro groups is 2. The Morgan fingerprint density at radius 3 is 1.57 bits per heavy atom. The predicted molar refractivity (Wildman–Crippen MR) is 194 cm³/mol. The molecule has 3 aromatic heterocycles. The van der Waals surface area contributed by atoms with Crippen LogP contribution in [0.25, 0.3) is 45.0 Å². The van der Waals surface area contributed by atoms with Crippen molar-refractivity contribution < 1.29 is 9.85 Å². The SMILES string of the molecule is NP.Nc1ccc2nc(N=P)ccc2c1.O=[N+]([O-])c1ccc2nc(N=P)ccc2c1.O=[N+]([O-])c1ccc2ncccc2c1.[Ba+2].[NH2-].[NH2-]. The van der Waals surface area contributed by atoms with Crippen molar-refractivity contribution >= 4 is 138 Å². The van der Waals surface area contributed by atoms with Crippen molar-refractivity contribution in [3.05, 3.63) is 130 Å². The average Bonchev–Trinajstić information content (AvgIpc) is 3.05. The van der Waals surface area contributed by atoms with Crippen LogP contribution in [0, 0.1) is 20.2 Å². The molecule has 232 valence electrons. The fourth-order valence-electron chi connectivity index (χ4n) is 3.65. The van der Waals surface area contributed by atoms with Crippen LogP contribution in [0.5, 0.6) is 0 Å². The van der Waals surface area contributed by atoms with Crippen molar-refractivity contribution in [1.82, 2.24) is 15.0 Å². The summed E-state index contributed by atoms with van der Waals surface area (Å²) >= 11 is 0. The molecular weight excluding hydrogens is 773 g/mol. The normalized spacial score (nSPS) is 9.17. The minimum absolute atomic E-state index is 0.